The second kappa shape index (κ2) is 4.65. The van der Waals surface area contributed by atoms with E-state index in [-0.39, 0.29) is 0 Å². The predicted molar refractivity (Wildman–Crippen MR) is 76.8 cm³/mol. The number of benzene rings is 1. The summed E-state index contributed by atoms with van der Waals surface area (Å²) < 4.78 is 7.93. The zero-order valence-electron chi connectivity index (χ0n) is 10.9. The number of hydrogen-bond acceptors (Lipinski definition) is 3. The number of nitrogens with zero attached hydrogens (tertiary/aromatic N) is 2. The van der Waals surface area contributed by atoms with E-state index in [1.807, 2.05) is 14.0 Å². The number of halogens is 1. The van der Waals surface area contributed by atoms with Crippen molar-refractivity contribution in [3.63, 3.8) is 0 Å². The summed E-state index contributed by atoms with van der Waals surface area (Å²) in [6.45, 7) is 4.08. The Morgan fingerprint density at radius 1 is 1.33 bits per heavy atom. The Morgan fingerprint density at radius 3 is 2.50 bits per heavy atom. The van der Waals surface area contributed by atoms with Gasteiger partial charge in [-0.3, -0.25) is 4.68 Å². The summed E-state index contributed by atoms with van der Waals surface area (Å²) in [6, 6.07) is 4.14. The number of nitrogens with two attached hydrogens (primary N) is 1. The van der Waals surface area contributed by atoms with Crippen molar-refractivity contribution in [2.24, 2.45) is 7.05 Å². The van der Waals surface area contributed by atoms with Crippen molar-refractivity contribution in [3.05, 3.63) is 27.7 Å². The van der Waals surface area contributed by atoms with Crippen LogP contribution in [0, 0.1) is 13.8 Å². The summed E-state index contributed by atoms with van der Waals surface area (Å²) >= 11 is 3.49. The van der Waals surface area contributed by atoms with Gasteiger partial charge in [-0.1, -0.05) is 6.07 Å². The molecule has 1 aromatic heterocycles. The van der Waals surface area contributed by atoms with Gasteiger partial charge in [0.25, 0.3) is 0 Å². The Bertz CT molecular complexity index is 605. The Hall–Kier alpha value is -1.49. The van der Waals surface area contributed by atoms with Crippen LogP contribution in [0.2, 0.25) is 0 Å². The molecule has 0 atom stereocenters. The lowest BCUT2D eigenvalue weighted by Crippen LogP contribution is -1.97. The van der Waals surface area contributed by atoms with Crippen LogP contribution in [0.5, 0.6) is 5.75 Å². The first-order chi connectivity index (χ1) is 8.45. The standard InChI is InChI=1S/C13H16BrN3O/c1-7-5-8(2)12(18-4)9(6-7)11-10(14)13(15)17(3)16-11/h5-6H,15H2,1-4H3. The van der Waals surface area contributed by atoms with Crippen molar-refractivity contribution in [1.82, 2.24) is 9.78 Å². The van der Waals surface area contributed by atoms with Crippen LogP contribution in [-0.4, -0.2) is 16.9 Å². The van der Waals surface area contributed by atoms with E-state index < -0.39 is 0 Å². The molecule has 96 valence electrons. The molecule has 0 bridgehead atoms. The summed E-state index contributed by atoms with van der Waals surface area (Å²) in [4.78, 5) is 0. The first kappa shape index (κ1) is 13.0. The smallest absolute Gasteiger partial charge is 0.136 e. The first-order valence-corrected chi connectivity index (χ1v) is 6.38. The maximum Gasteiger partial charge on any atom is 0.136 e. The highest BCUT2D eigenvalue weighted by molar-refractivity contribution is 9.10. The van der Waals surface area contributed by atoms with Crippen molar-refractivity contribution in [1.29, 1.82) is 0 Å². The molecule has 0 amide bonds. The zero-order valence-corrected chi connectivity index (χ0v) is 12.5. The zero-order chi connectivity index (χ0) is 13.4. The van der Waals surface area contributed by atoms with Gasteiger partial charge < -0.3 is 10.5 Å². The molecule has 0 unspecified atom stereocenters. The summed E-state index contributed by atoms with van der Waals surface area (Å²) in [5.74, 6) is 1.44. The van der Waals surface area contributed by atoms with Crippen molar-refractivity contribution < 1.29 is 4.74 Å². The van der Waals surface area contributed by atoms with Gasteiger partial charge in [0.05, 0.1) is 11.6 Å². The molecule has 0 radical (unpaired) electrons. The van der Waals surface area contributed by atoms with E-state index in [9.17, 15) is 0 Å². The monoisotopic (exact) mass is 309 g/mol. The molecule has 0 aliphatic carbocycles. The van der Waals surface area contributed by atoms with Gasteiger partial charge in [-0.15, -0.1) is 0 Å². The number of methoxy groups -OCH3 is 1. The summed E-state index contributed by atoms with van der Waals surface area (Å²) in [5, 5.41) is 4.44. The molecule has 4 nitrogen and oxygen atoms in total. The Labute approximate surface area is 115 Å². The van der Waals surface area contributed by atoms with E-state index in [1.165, 1.54) is 5.56 Å². The molecule has 0 saturated carbocycles. The molecule has 0 saturated heterocycles. The lowest BCUT2D eigenvalue weighted by molar-refractivity contribution is 0.413. The number of ether oxygens (including phenoxy) is 1. The lowest BCUT2D eigenvalue weighted by atomic mass is 10.0. The number of aromatic nitrogens is 2. The van der Waals surface area contributed by atoms with E-state index in [0.29, 0.717) is 5.82 Å². The van der Waals surface area contributed by atoms with Crippen molar-refractivity contribution >= 4 is 21.7 Å². The predicted octanol–water partition coefficient (Wildman–Crippen LogP) is 3.06. The lowest BCUT2D eigenvalue weighted by Gasteiger charge is -2.11. The second-order valence-electron chi connectivity index (χ2n) is 4.33. The number of hydrogen-bond donors (Lipinski definition) is 1. The summed E-state index contributed by atoms with van der Waals surface area (Å²) in [5.41, 5.74) is 9.93. The molecule has 0 aliphatic rings. The van der Waals surface area contributed by atoms with E-state index >= 15 is 0 Å². The van der Waals surface area contributed by atoms with Crippen LogP contribution in [0.4, 0.5) is 5.82 Å². The Morgan fingerprint density at radius 2 is 2.00 bits per heavy atom. The maximum atomic E-state index is 5.92. The number of rotatable bonds is 2. The normalized spacial score (nSPS) is 10.7. The third-order valence-electron chi connectivity index (χ3n) is 2.91. The van der Waals surface area contributed by atoms with Gasteiger partial charge in [-0.05, 0) is 47.0 Å². The van der Waals surface area contributed by atoms with Crippen molar-refractivity contribution in [3.8, 4) is 17.0 Å². The van der Waals surface area contributed by atoms with Crippen LogP contribution in [0.1, 0.15) is 11.1 Å². The molecule has 1 heterocycles. The minimum Gasteiger partial charge on any atom is -0.496 e. The molecule has 2 rings (SSSR count). The third kappa shape index (κ3) is 1.99. The average molecular weight is 310 g/mol. The highest BCUT2D eigenvalue weighted by atomic mass is 79.9. The van der Waals surface area contributed by atoms with Crippen LogP contribution < -0.4 is 10.5 Å². The van der Waals surface area contributed by atoms with Gasteiger partial charge in [0.2, 0.25) is 0 Å². The second-order valence-corrected chi connectivity index (χ2v) is 5.13. The number of nitrogen functional groups attached to an aromatic ring is 1. The van der Waals surface area contributed by atoms with E-state index in [1.54, 1.807) is 11.8 Å². The molecule has 2 aromatic rings. The highest BCUT2D eigenvalue weighted by Gasteiger charge is 2.18. The van der Waals surface area contributed by atoms with Gasteiger partial charge >= 0.3 is 0 Å². The van der Waals surface area contributed by atoms with Gasteiger partial charge in [-0.2, -0.15) is 5.10 Å². The van der Waals surface area contributed by atoms with E-state index in [4.69, 9.17) is 10.5 Å². The minimum absolute atomic E-state index is 0.603. The average Bonchev–Trinajstić information content (AvgIpc) is 2.56. The third-order valence-corrected chi connectivity index (χ3v) is 3.69. The largest absolute Gasteiger partial charge is 0.496 e. The fourth-order valence-electron chi connectivity index (χ4n) is 2.08. The minimum atomic E-state index is 0.603. The first-order valence-electron chi connectivity index (χ1n) is 5.59. The van der Waals surface area contributed by atoms with Crippen LogP contribution in [0.25, 0.3) is 11.3 Å². The van der Waals surface area contributed by atoms with Crippen LogP contribution >= 0.6 is 15.9 Å². The van der Waals surface area contributed by atoms with Crippen molar-refractivity contribution in [2.45, 2.75) is 13.8 Å². The van der Waals surface area contributed by atoms with Gasteiger partial charge in [-0.25, -0.2) is 0 Å². The molecule has 5 heteroatoms. The molecule has 0 spiro atoms. The van der Waals surface area contributed by atoms with Gasteiger partial charge in [0.1, 0.15) is 17.3 Å². The summed E-state index contributed by atoms with van der Waals surface area (Å²) in [6.07, 6.45) is 0. The number of anilines is 1. The molecule has 0 aliphatic heterocycles. The fraction of sp³-hybridized carbons (Fsp3) is 0.308. The molecule has 0 fully saturated rings. The Kier molecular flexibility index (Phi) is 3.34. The van der Waals surface area contributed by atoms with Crippen LogP contribution in [-0.2, 0) is 7.05 Å². The topological polar surface area (TPSA) is 53.1 Å². The van der Waals surface area contributed by atoms with Gasteiger partial charge in [0.15, 0.2) is 0 Å². The molecular formula is C13H16BrN3O. The number of aryl methyl sites for hydroxylation is 3. The molecule has 1 aromatic carbocycles. The molecule has 18 heavy (non-hydrogen) atoms. The molecule has 2 N–H and O–H groups in total. The quantitative estimate of drug-likeness (QED) is 0.927. The van der Waals surface area contributed by atoms with Crippen molar-refractivity contribution in [2.75, 3.05) is 12.8 Å². The Balaban J connectivity index is 2.73. The van der Waals surface area contributed by atoms with Crippen LogP contribution in [0.15, 0.2) is 16.6 Å². The molecular weight excluding hydrogens is 294 g/mol. The summed E-state index contributed by atoms with van der Waals surface area (Å²) in [7, 11) is 3.49. The highest BCUT2D eigenvalue weighted by Crippen LogP contribution is 2.39. The van der Waals surface area contributed by atoms with Gasteiger partial charge in [0, 0.05) is 12.6 Å². The maximum absolute atomic E-state index is 5.92. The van der Waals surface area contributed by atoms with E-state index in [2.05, 4.69) is 40.1 Å². The fourth-order valence-corrected chi connectivity index (χ4v) is 2.63. The van der Waals surface area contributed by atoms with E-state index in [0.717, 1.165) is 27.0 Å². The van der Waals surface area contributed by atoms with Crippen LogP contribution in [0.3, 0.4) is 0 Å². The SMILES string of the molecule is COc1c(C)cc(C)cc1-c1nn(C)c(N)c1Br.